The van der Waals surface area contributed by atoms with E-state index in [1.807, 2.05) is 54.6 Å². The lowest BCUT2D eigenvalue weighted by molar-refractivity contribution is -0.118. The molecule has 8 nitrogen and oxygen atoms in total. The minimum absolute atomic E-state index is 0.126. The van der Waals surface area contributed by atoms with Gasteiger partial charge in [0.1, 0.15) is 5.75 Å². The number of methoxy groups -OCH3 is 3. The van der Waals surface area contributed by atoms with Crippen molar-refractivity contribution in [3.05, 3.63) is 88.2 Å². The van der Waals surface area contributed by atoms with Crippen molar-refractivity contribution in [2.45, 2.75) is 18.1 Å². The van der Waals surface area contributed by atoms with E-state index in [1.54, 1.807) is 23.8 Å². The first-order valence-corrected chi connectivity index (χ1v) is 12.7. The highest BCUT2D eigenvalue weighted by Gasteiger charge is 2.17. The molecule has 0 fully saturated rings. The van der Waals surface area contributed by atoms with Crippen molar-refractivity contribution in [1.29, 1.82) is 0 Å². The average Bonchev–Trinajstić information content (AvgIpc) is 2.94. The highest BCUT2D eigenvalue weighted by Crippen LogP contribution is 2.31. The minimum atomic E-state index is -0.228. The smallest absolute Gasteiger partial charge is 0.262 e. The highest BCUT2D eigenvalue weighted by atomic mass is 32.2. The lowest BCUT2D eigenvalue weighted by atomic mass is 10.1. The number of benzene rings is 3. The SMILES string of the molecule is COc1ccc(Cn2c(SCC(=O)NCCc3ccccc3)nc3cc(OC)c(OC)cc3c2=O)cc1. The second-order valence-electron chi connectivity index (χ2n) is 8.23. The van der Waals surface area contributed by atoms with Gasteiger partial charge >= 0.3 is 0 Å². The van der Waals surface area contributed by atoms with Crippen molar-refractivity contribution in [1.82, 2.24) is 14.9 Å². The van der Waals surface area contributed by atoms with Crippen LogP contribution < -0.4 is 25.1 Å². The Hall–Kier alpha value is -3.98. The topological polar surface area (TPSA) is 91.7 Å². The number of nitrogens with one attached hydrogen (secondary N) is 1. The minimum Gasteiger partial charge on any atom is -0.497 e. The monoisotopic (exact) mass is 519 g/mol. The number of carbonyl (C=O) groups is 1. The molecule has 3 aromatic carbocycles. The van der Waals surface area contributed by atoms with E-state index >= 15 is 0 Å². The largest absolute Gasteiger partial charge is 0.497 e. The summed E-state index contributed by atoms with van der Waals surface area (Å²) in [5.41, 5.74) is 2.30. The second kappa shape index (κ2) is 12.3. The third-order valence-electron chi connectivity index (χ3n) is 5.84. The Kier molecular flexibility index (Phi) is 8.68. The molecule has 1 amide bonds. The van der Waals surface area contributed by atoms with Gasteiger partial charge in [0.2, 0.25) is 5.91 Å². The van der Waals surface area contributed by atoms with Crippen LogP contribution in [0.25, 0.3) is 10.9 Å². The maximum atomic E-state index is 13.6. The molecule has 0 aliphatic heterocycles. The first-order chi connectivity index (χ1) is 18.0. The zero-order valence-electron chi connectivity index (χ0n) is 21.0. The average molecular weight is 520 g/mol. The van der Waals surface area contributed by atoms with Crippen LogP contribution in [0.2, 0.25) is 0 Å². The Morgan fingerprint density at radius 2 is 1.62 bits per heavy atom. The first-order valence-electron chi connectivity index (χ1n) is 11.7. The Labute approximate surface area is 219 Å². The Balaban J connectivity index is 1.59. The van der Waals surface area contributed by atoms with Crippen molar-refractivity contribution >= 4 is 28.6 Å². The van der Waals surface area contributed by atoms with Crippen LogP contribution >= 0.6 is 11.8 Å². The van der Waals surface area contributed by atoms with E-state index in [1.165, 1.54) is 26.0 Å². The molecular weight excluding hydrogens is 490 g/mol. The molecule has 4 aromatic rings. The van der Waals surface area contributed by atoms with Crippen LogP contribution in [0.5, 0.6) is 17.2 Å². The number of hydrogen-bond acceptors (Lipinski definition) is 7. The molecule has 1 heterocycles. The first kappa shape index (κ1) is 26.1. The third kappa shape index (κ3) is 6.42. The molecule has 0 aliphatic rings. The Bertz CT molecular complexity index is 1420. The quantitative estimate of drug-likeness (QED) is 0.237. The number of fused-ring (bicyclic) bond motifs is 1. The molecular formula is C28H29N3O5S. The van der Waals surface area contributed by atoms with Gasteiger partial charge in [0.05, 0.1) is 44.5 Å². The summed E-state index contributed by atoms with van der Waals surface area (Å²) in [5.74, 6) is 1.65. The summed E-state index contributed by atoms with van der Waals surface area (Å²) in [6.07, 6.45) is 0.745. The van der Waals surface area contributed by atoms with Crippen molar-refractivity contribution in [2.24, 2.45) is 0 Å². The zero-order valence-corrected chi connectivity index (χ0v) is 21.8. The summed E-state index contributed by atoms with van der Waals surface area (Å²) in [6.45, 7) is 0.822. The number of ether oxygens (including phenoxy) is 3. The maximum absolute atomic E-state index is 13.6. The van der Waals surface area contributed by atoms with Gasteiger partial charge in [0, 0.05) is 12.6 Å². The molecule has 9 heteroatoms. The highest BCUT2D eigenvalue weighted by molar-refractivity contribution is 7.99. The molecule has 1 N–H and O–H groups in total. The van der Waals surface area contributed by atoms with Gasteiger partial charge in [0.25, 0.3) is 5.56 Å². The maximum Gasteiger partial charge on any atom is 0.262 e. The summed E-state index contributed by atoms with van der Waals surface area (Å²) < 4.78 is 17.6. The van der Waals surface area contributed by atoms with Crippen molar-refractivity contribution in [3.63, 3.8) is 0 Å². The second-order valence-corrected chi connectivity index (χ2v) is 9.17. The lowest BCUT2D eigenvalue weighted by Gasteiger charge is -2.15. The number of aromatic nitrogens is 2. The van der Waals surface area contributed by atoms with Crippen LogP contribution in [-0.2, 0) is 17.8 Å². The third-order valence-corrected chi connectivity index (χ3v) is 6.81. The van der Waals surface area contributed by atoms with Crippen LogP contribution in [0.1, 0.15) is 11.1 Å². The van der Waals surface area contributed by atoms with Gasteiger partial charge < -0.3 is 19.5 Å². The van der Waals surface area contributed by atoms with Gasteiger partial charge in [-0.1, -0.05) is 54.2 Å². The van der Waals surface area contributed by atoms with Gasteiger partial charge in [0.15, 0.2) is 16.7 Å². The standard InChI is InChI=1S/C28H29N3O5S/c1-34-21-11-9-20(10-12-21)17-31-27(33)22-15-24(35-2)25(36-3)16-23(22)30-28(31)37-18-26(32)29-14-13-19-7-5-4-6-8-19/h4-12,15-16H,13-14,17-18H2,1-3H3,(H,29,32). The van der Waals surface area contributed by atoms with Gasteiger partial charge in [-0.2, -0.15) is 0 Å². The summed E-state index contributed by atoms with van der Waals surface area (Å²) >= 11 is 1.22. The molecule has 0 saturated heterocycles. The molecule has 0 radical (unpaired) electrons. The van der Waals surface area contributed by atoms with Crippen LogP contribution in [0.3, 0.4) is 0 Å². The molecule has 0 spiro atoms. The van der Waals surface area contributed by atoms with E-state index in [0.29, 0.717) is 34.1 Å². The van der Waals surface area contributed by atoms with Gasteiger partial charge in [-0.15, -0.1) is 0 Å². The van der Waals surface area contributed by atoms with Gasteiger partial charge in [-0.25, -0.2) is 4.98 Å². The van der Waals surface area contributed by atoms with E-state index in [0.717, 1.165) is 23.3 Å². The van der Waals surface area contributed by atoms with Crippen molar-refractivity contribution in [3.8, 4) is 17.2 Å². The fourth-order valence-corrected chi connectivity index (χ4v) is 4.69. The Morgan fingerprint density at radius 1 is 0.919 bits per heavy atom. The molecule has 1 aromatic heterocycles. The van der Waals surface area contributed by atoms with Crippen LogP contribution in [0.4, 0.5) is 0 Å². The van der Waals surface area contributed by atoms with Crippen LogP contribution in [0.15, 0.2) is 76.7 Å². The predicted octanol–water partition coefficient (Wildman–Crippen LogP) is 3.92. The van der Waals surface area contributed by atoms with Crippen LogP contribution in [0, 0.1) is 0 Å². The van der Waals surface area contributed by atoms with E-state index in [-0.39, 0.29) is 23.8 Å². The number of nitrogens with zero attached hydrogens (tertiary/aromatic N) is 2. The predicted molar refractivity (Wildman–Crippen MR) is 145 cm³/mol. The number of thioether (sulfide) groups is 1. The summed E-state index contributed by atoms with van der Waals surface area (Å²) in [6, 6.07) is 20.8. The molecule has 0 saturated carbocycles. The summed E-state index contributed by atoms with van der Waals surface area (Å²) in [5, 5.41) is 3.79. The summed E-state index contributed by atoms with van der Waals surface area (Å²) in [4.78, 5) is 30.9. The van der Waals surface area contributed by atoms with E-state index < -0.39 is 0 Å². The molecule has 0 unspecified atom stereocenters. The molecule has 37 heavy (non-hydrogen) atoms. The molecule has 0 atom stereocenters. The van der Waals surface area contributed by atoms with Crippen molar-refractivity contribution < 1.29 is 19.0 Å². The van der Waals surface area contributed by atoms with Gasteiger partial charge in [-0.3, -0.25) is 14.2 Å². The van der Waals surface area contributed by atoms with E-state index in [2.05, 4.69) is 5.32 Å². The lowest BCUT2D eigenvalue weighted by Crippen LogP contribution is -2.28. The normalized spacial score (nSPS) is 10.8. The van der Waals surface area contributed by atoms with Crippen molar-refractivity contribution in [2.75, 3.05) is 33.6 Å². The number of rotatable bonds is 11. The van der Waals surface area contributed by atoms with E-state index in [9.17, 15) is 9.59 Å². The zero-order chi connectivity index (χ0) is 26.2. The number of hydrogen-bond donors (Lipinski definition) is 1. The number of amides is 1. The molecule has 0 aliphatic carbocycles. The summed E-state index contributed by atoms with van der Waals surface area (Å²) in [7, 11) is 4.66. The van der Waals surface area contributed by atoms with Gasteiger partial charge in [-0.05, 0) is 35.7 Å². The van der Waals surface area contributed by atoms with Crippen LogP contribution in [-0.4, -0.2) is 49.1 Å². The Morgan fingerprint density at radius 3 is 2.30 bits per heavy atom. The molecule has 192 valence electrons. The molecule has 4 rings (SSSR count). The van der Waals surface area contributed by atoms with E-state index in [4.69, 9.17) is 19.2 Å². The molecule has 0 bridgehead atoms. The number of carbonyl (C=O) groups excluding carboxylic acids is 1. The fraction of sp³-hybridized carbons (Fsp3) is 0.250. The fourth-order valence-electron chi connectivity index (χ4n) is 3.86.